The molecule has 0 fully saturated rings. The van der Waals surface area contributed by atoms with Gasteiger partial charge < -0.3 is 15.6 Å². The second kappa shape index (κ2) is 6.40. The molecule has 3 heterocycles. The van der Waals surface area contributed by atoms with Gasteiger partial charge in [0.05, 0.1) is 29.1 Å². The molecule has 0 aliphatic carbocycles. The molecule has 3 aromatic rings. The predicted octanol–water partition coefficient (Wildman–Crippen LogP) is 1.33. The predicted molar refractivity (Wildman–Crippen MR) is 89.9 cm³/mol. The van der Waals surface area contributed by atoms with E-state index in [1.165, 1.54) is 22.7 Å². The van der Waals surface area contributed by atoms with Crippen LogP contribution >= 0.6 is 11.8 Å². The average Bonchev–Trinajstić information content (AvgIpc) is 3.23. The van der Waals surface area contributed by atoms with Crippen molar-refractivity contribution in [2.75, 3.05) is 16.9 Å². The summed E-state index contributed by atoms with van der Waals surface area (Å²) in [7, 11) is 1.83. The van der Waals surface area contributed by atoms with E-state index < -0.39 is 0 Å². The summed E-state index contributed by atoms with van der Waals surface area (Å²) in [5.74, 6) is 6.86. The van der Waals surface area contributed by atoms with Crippen LogP contribution in [0.1, 0.15) is 11.4 Å². The molecular formula is C14H17N7O2S. The van der Waals surface area contributed by atoms with Crippen LogP contribution in [-0.4, -0.2) is 36.3 Å². The van der Waals surface area contributed by atoms with Crippen molar-refractivity contribution in [1.82, 2.24) is 24.7 Å². The number of nitrogen functional groups attached to an aromatic ring is 1. The van der Waals surface area contributed by atoms with Crippen LogP contribution in [0.3, 0.4) is 0 Å². The van der Waals surface area contributed by atoms with Crippen molar-refractivity contribution in [3.63, 3.8) is 0 Å². The van der Waals surface area contributed by atoms with Crippen LogP contribution in [0.25, 0.3) is 11.6 Å². The minimum Gasteiger partial charge on any atom is -0.461 e. The van der Waals surface area contributed by atoms with Crippen molar-refractivity contribution in [2.45, 2.75) is 19.0 Å². The number of rotatable bonds is 5. The molecule has 0 aliphatic rings. The molecule has 3 aromatic heterocycles. The third-order valence-corrected chi connectivity index (χ3v) is 4.45. The molecule has 0 saturated heterocycles. The Kier molecular flexibility index (Phi) is 4.30. The van der Waals surface area contributed by atoms with E-state index in [1.54, 1.807) is 16.8 Å². The zero-order chi connectivity index (χ0) is 17.3. The lowest BCUT2D eigenvalue weighted by atomic mass is 10.3. The number of nitrogens with two attached hydrogens (primary N) is 1. The summed E-state index contributed by atoms with van der Waals surface area (Å²) in [4.78, 5) is 12.2. The van der Waals surface area contributed by atoms with E-state index in [0.29, 0.717) is 16.7 Å². The summed E-state index contributed by atoms with van der Waals surface area (Å²) in [5.41, 5.74) is 2.40. The third kappa shape index (κ3) is 3.00. The van der Waals surface area contributed by atoms with E-state index in [4.69, 9.17) is 10.3 Å². The van der Waals surface area contributed by atoms with Crippen LogP contribution in [0, 0.1) is 13.8 Å². The smallest absolute Gasteiger partial charge is 0.234 e. The van der Waals surface area contributed by atoms with Gasteiger partial charge in [0.2, 0.25) is 16.9 Å². The van der Waals surface area contributed by atoms with Gasteiger partial charge in [-0.25, -0.2) is 4.68 Å². The van der Waals surface area contributed by atoms with Crippen LogP contribution in [0.2, 0.25) is 0 Å². The van der Waals surface area contributed by atoms with Gasteiger partial charge in [-0.05, 0) is 26.0 Å². The summed E-state index contributed by atoms with van der Waals surface area (Å²) < 4.78 is 8.28. The molecule has 0 bridgehead atoms. The van der Waals surface area contributed by atoms with Crippen molar-refractivity contribution in [1.29, 1.82) is 0 Å². The fraction of sp³-hybridized carbons (Fsp3) is 0.286. The lowest BCUT2D eigenvalue weighted by molar-refractivity contribution is -0.113. The Balaban J connectivity index is 1.65. The molecule has 0 atom stereocenters. The van der Waals surface area contributed by atoms with Gasteiger partial charge in [0.15, 0.2) is 5.76 Å². The molecule has 0 spiro atoms. The van der Waals surface area contributed by atoms with E-state index in [2.05, 4.69) is 20.6 Å². The third-order valence-electron chi connectivity index (χ3n) is 3.51. The van der Waals surface area contributed by atoms with Crippen LogP contribution in [0.15, 0.2) is 28.0 Å². The van der Waals surface area contributed by atoms with Crippen LogP contribution in [-0.2, 0) is 11.8 Å². The Hall–Kier alpha value is -2.75. The van der Waals surface area contributed by atoms with Crippen molar-refractivity contribution >= 4 is 23.4 Å². The number of anilines is 1. The standard InChI is InChI=1S/C14H17N7O2S/c1-8-12(9(2)20(3)19-8)16-11(22)7-24-14-18-17-13(21(14)15)10-5-4-6-23-10/h4-6H,7,15H2,1-3H3,(H,16,22). The Morgan fingerprint density at radius 2 is 2.21 bits per heavy atom. The van der Waals surface area contributed by atoms with E-state index in [9.17, 15) is 4.79 Å². The summed E-state index contributed by atoms with van der Waals surface area (Å²) in [6.07, 6.45) is 1.53. The summed E-state index contributed by atoms with van der Waals surface area (Å²) in [6.45, 7) is 3.75. The van der Waals surface area contributed by atoms with Gasteiger partial charge >= 0.3 is 0 Å². The molecule has 0 unspecified atom stereocenters. The quantitative estimate of drug-likeness (QED) is 0.528. The number of hydrogen-bond acceptors (Lipinski definition) is 7. The van der Waals surface area contributed by atoms with Crippen LogP contribution in [0.5, 0.6) is 0 Å². The second-order valence-corrected chi connectivity index (χ2v) is 6.10. The second-order valence-electron chi connectivity index (χ2n) is 5.16. The SMILES string of the molecule is Cc1nn(C)c(C)c1NC(=O)CSc1nnc(-c2ccco2)n1N. The first kappa shape index (κ1) is 16.1. The van der Waals surface area contributed by atoms with Crippen molar-refractivity contribution < 1.29 is 9.21 Å². The fourth-order valence-corrected chi connectivity index (χ4v) is 2.87. The Morgan fingerprint density at radius 1 is 1.42 bits per heavy atom. The molecule has 0 radical (unpaired) electrons. The Bertz CT molecular complexity index is 866. The fourth-order valence-electron chi connectivity index (χ4n) is 2.21. The number of amides is 1. The molecule has 126 valence electrons. The molecule has 0 aliphatic heterocycles. The number of thioether (sulfide) groups is 1. The molecule has 1 amide bonds. The lowest BCUT2D eigenvalue weighted by Gasteiger charge is -2.05. The van der Waals surface area contributed by atoms with Gasteiger partial charge in [0.1, 0.15) is 0 Å². The van der Waals surface area contributed by atoms with Gasteiger partial charge in [-0.1, -0.05) is 11.8 Å². The van der Waals surface area contributed by atoms with Gasteiger partial charge in [-0.2, -0.15) is 5.10 Å². The molecule has 3 rings (SSSR count). The maximum absolute atomic E-state index is 12.2. The number of hydrogen-bond donors (Lipinski definition) is 2. The number of furan rings is 1. The first-order valence-electron chi connectivity index (χ1n) is 7.14. The molecule has 9 nitrogen and oxygen atoms in total. The van der Waals surface area contributed by atoms with Gasteiger partial charge in [-0.3, -0.25) is 9.48 Å². The van der Waals surface area contributed by atoms with Crippen LogP contribution < -0.4 is 11.2 Å². The highest BCUT2D eigenvalue weighted by atomic mass is 32.2. The van der Waals surface area contributed by atoms with E-state index in [0.717, 1.165) is 17.1 Å². The topological polar surface area (TPSA) is 117 Å². The molecular weight excluding hydrogens is 330 g/mol. The highest BCUT2D eigenvalue weighted by Gasteiger charge is 2.17. The number of nitrogens with zero attached hydrogens (tertiary/aromatic N) is 5. The van der Waals surface area contributed by atoms with Gasteiger partial charge in [0, 0.05) is 7.05 Å². The maximum atomic E-state index is 12.2. The minimum absolute atomic E-state index is 0.154. The Morgan fingerprint density at radius 3 is 2.83 bits per heavy atom. The number of carbonyl (C=O) groups is 1. The van der Waals surface area contributed by atoms with Crippen molar-refractivity contribution in [2.24, 2.45) is 7.05 Å². The number of carbonyl (C=O) groups excluding carboxylic acids is 1. The first-order valence-corrected chi connectivity index (χ1v) is 8.13. The first-order chi connectivity index (χ1) is 11.5. The van der Waals surface area contributed by atoms with E-state index in [-0.39, 0.29) is 11.7 Å². The summed E-state index contributed by atoms with van der Waals surface area (Å²) >= 11 is 1.19. The number of nitrogens with one attached hydrogen (secondary N) is 1. The highest BCUT2D eigenvalue weighted by molar-refractivity contribution is 7.99. The van der Waals surface area contributed by atoms with Gasteiger partial charge in [-0.15, -0.1) is 10.2 Å². The van der Waals surface area contributed by atoms with Crippen molar-refractivity contribution in [3.8, 4) is 11.6 Å². The van der Waals surface area contributed by atoms with E-state index in [1.807, 2.05) is 20.9 Å². The highest BCUT2D eigenvalue weighted by Crippen LogP contribution is 2.23. The average molecular weight is 347 g/mol. The van der Waals surface area contributed by atoms with E-state index >= 15 is 0 Å². The lowest BCUT2D eigenvalue weighted by Crippen LogP contribution is -2.17. The summed E-state index contributed by atoms with van der Waals surface area (Å²) in [6, 6.07) is 3.48. The maximum Gasteiger partial charge on any atom is 0.234 e. The minimum atomic E-state index is -0.165. The van der Waals surface area contributed by atoms with Crippen molar-refractivity contribution in [3.05, 3.63) is 29.8 Å². The molecule has 0 saturated carbocycles. The molecule has 24 heavy (non-hydrogen) atoms. The number of aryl methyl sites for hydroxylation is 2. The summed E-state index contributed by atoms with van der Waals surface area (Å²) in [5, 5.41) is 15.5. The zero-order valence-electron chi connectivity index (χ0n) is 13.5. The van der Waals surface area contributed by atoms with Gasteiger partial charge in [0.25, 0.3) is 0 Å². The molecule has 3 N–H and O–H groups in total. The normalized spacial score (nSPS) is 11.0. The molecule has 0 aromatic carbocycles. The monoisotopic (exact) mass is 347 g/mol. The van der Waals surface area contributed by atoms with Crippen LogP contribution in [0.4, 0.5) is 5.69 Å². The number of aromatic nitrogens is 5. The molecule has 10 heteroatoms. The zero-order valence-corrected chi connectivity index (χ0v) is 14.3. The Labute approximate surface area is 142 Å². The largest absolute Gasteiger partial charge is 0.461 e.